The largest absolute Gasteiger partial charge is 0.504 e. The first-order chi connectivity index (χ1) is 14.9. The van der Waals surface area contributed by atoms with Crippen molar-refractivity contribution in [2.75, 3.05) is 25.6 Å². The summed E-state index contributed by atoms with van der Waals surface area (Å²) in [5.74, 6) is 0.431. The van der Waals surface area contributed by atoms with Crippen LogP contribution >= 0.6 is 11.3 Å². The van der Waals surface area contributed by atoms with Crippen molar-refractivity contribution in [1.82, 2.24) is 9.29 Å². The third-order valence-electron chi connectivity index (χ3n) is 4.58. The number of nitrogens with zero attached hydrogens (tertiary/aromatic N) is 3. The van der Waals surface area contributed by atoms with Gasteiger partial charge in [0, 0.05) is 24.0 Å². The van der Waals surface area contributed by atoms with E-state index in [-0.39, 0.29) is 10.6 Å². The fourth-order valence-corrected chi connectivity index (χ4v) is 5.03. The predicted octanol–water partition coefficient (Wildman–Crippen LogP) is 4.00. The molecule has 10 heteroatoms. The number of phenols is 1. The molecule has 1 heterocycles. The summed E-state index contributed by atoms with van der Waals surface area (Å²) in [7, 11) is -2.00. The van der Waals surface area contributed by atoms with Crippen LogP contribution in [0, 0.1) is 0 Å². The number of aromatic hydroxyl groups is 1. The minimum atomic E-state index is -3.48. The van der Waals surface area contributed by atoms with Crippen molar-refractivity contribution < 1.29 is 18.3 Å². The highest BCUT2D eigenvalue weighted by Gasteiger charge is 2.21. The van der Waals surface area contributed by atoms with Crippen LogP contribution in [0.1, 0.15) is 19.4 Å². The Hall–Kier alpha value is -2.95. The Balaban J connectivity index is 1.69. The second-order valence-corrected chi connectivity index (χ2v) is 9.25. The number of rotatable bonds is 9. The Kier molecular flexibility index (Phi) is 7.26. The van der Waals surface area contributed by atoms with Crippen molar-refractivity contribution in [3.8, 4) is 22.8 Å². The van der Waals surface area contributed by atoms with E-state index in [1.54, 1.807) is 42.6 Å². The molecule has 0 saturated carbocycles. The van der Waals surface area contributed by atoms with Crippen molar-refractivity contribution >= 4 is 32.7 Å². The molecule has 2 aromatic carbocycles. The Bertz CT molecular complexity index is 1150. The summed E-state index contributed by atoms with van der Waals surface area (Å²) in [4.78, 5) is 4.75. The predicted molar refractivity (Wildman–Crippen MR) is 124 cm³/mol. The van der Waals surface area contributed by atoms with Crippen LogP contribution < -0.4 is 10.2 Å². The molecule has 0 unspecified atom stereocenters. The molecule has 0 aliphatic carbocycles. The Morgan fingerprint density at radius 3 is 2.55 bits per heavy atom. The quantitative estimate of drug-likeness (QED) is 0.369. The highest BCUT2D eigenvalue weighted by Crippen LogP contribution is 2.27. The van der Waals surface area contributed by atoms with E-state index in [0.717, 1.165) is 16.8 Å². The fourth-order valence-electron chi connectivity index (χ4n) is 2.90. The number of benzene rings is 2. The van der Waals surface area contributed by atoms with Crippen LogP contribution in [0.5, 0.6) is 11.5 Å². The SMILES string of the molecule is CCN(CC)S(=O)(=O)c1ccc(-c2csc(NN=Cc3ccc(O)c(OC)c3)n2)cc1. The number of aromatic nitrogens is 1. The zero-order valence-electron chi connectivity index (χ0n) is 17.4. The van der Waals surface area contributed by atoms with Crippen LogP contribution in [0.4, 0.5) is 5.13 Å². The number of sulfonamides is 1. The van der Waals surface area contributed by atoms with Crippen LogP contribution in [-0.4, -0.2) is 49.2 Å². The number of thiazole rings is 1. The van der Waals surface area contributed by atoms with Crippen LogP contribution in [0.15, 0.2) is 57.8 Å². The van der Waals surface area contributed by atoms with E-state index in [2.05, 4.69) is 15.5 Å². The summed E-state index contributed by atoms with van der Waals surface area (Å²) in [6, 6.07) is 11.6. The third kappa shape index (κ3) is 5.22. The van der Waals surface area contributed by atoms with Gasteiger partial charge in [0.2, 0.25) is 15.2 Å². The van der Waals surface area contributed by atoms with Crippen molar-refractivity contribution in [3.05, 3.63) is 53.4 Å². The van der Waals surface area contributed by atoms with Gasteiger partial charge in [0.05, 0.1) is 23.9 Å². The Morgan fingerprint density at radius 1 is 1.19 bits per heavy atom. The van der Waals surface area contributed by atoms with E-state index < -0.39 is 10.0 Å². The molecule has 0 atom stereocenters. The van der Waals surface area contributed by atoms with E-state index in [1.165, 1.54) is 28.8 Å². The highest BCUT2D eigenvalue weighted by molar-refractivity contribution is 7.89. The molecule has 0 saturated heterocycles. The van der Waals surface area contributed by atoms with Crippen molar-refractivity contribution in [2.24, 2.45) is 5.10 Å². The topological polar surface area (TPSA) is 104 Å². The molecule has 1 aromatic heterocycles. The number of anilines is 1. The summed E-state index contributed by atoms with van der Waals surface area (Å²) >= 11 is 1.38. The molecule has 0 fully saturated rings. The molecular weight excluding hydrogens is 436 g/mol. The molecule has 0 spiro atoms. The van der Waals surface area contributed by atoms with Gasteiger partial charge in [-0.05, 0) is 35.9 Å². The van der Waals surface area contributed by atoms with E-state index in [4.69, 9.17) is 4.74 Å². The number of hydrogen-bond donors (Lipinski definition) is 2. The maximum atomic E-state index is 12.6. The smallest absolute Gasteiger partial charge is 0.243 e. The van der Waals surface area contributed by atoms with Crippen LogP contribution in [0.25, 0.3) is 11.3 Å². The van der Waals surface area contributed by atoms with Gasteiger partial charge in [0.15, 0.2) is 11.5 Å². The van der Waals surface area contributed by atoms with Crippen LogP contribution in [0.3, 0.4) is 0 Å². The lowest BCUT2D eigenvalue weighted by Gasteiger charge is -2.18. The Morgan fingerprint density at radius 2 is 1.90 bits per heavy atom. The number of hydrazone groups is 1. The van der Waals surface area contributed by atoms with E-state index in [1.807, 2.05) is 19.2 Å². The molecule has 3 aromatic rings. The van der Waals surface area contributed by atoms with Gasteiger partial charge in [-0.2, -0.15) is 9.41 Å². The highest BCUT2D eigenvalue weighted by atomic mass is 32.2. The zero-order valence-corrected chi connectivity index (χ0v) is 19.1. The monoisotopic (exact) mass is 460 g/mol. The van der Waals surface area contributed by atoms with Crippen molar-refractivity contribution in [3.63, 3.8) is 0 Å². The Labute approximate surface area is 185 Å². The number of methoxy groups -OCH3 is 1. The van der Waals surface area contributed by atoms with Crippen LogP contribution in [0.2, 0.25) is 0 Å². The van der Waals surface area contributed by atoms with Gasteiger partial charge < -0.3 is 9.84 Å². The molecule has 31 heavy (non-hydrogen) atoms. The second kappa shape index (κ2) is 9.90. The molecular formula is C21H24N4O4S2. The first-order valence-electron chi connectivity index (χ1n) is 9.61. The standard InChI is InChI=1S/C21H24N4O4S2/c1-4-25(5-2)31(27,28)17-9-7-16(8-10-17)18-14-30-21(23-18)24-22-13-15-6-11-19(26)20(12-15)29-3/h6-14,26H,4-5H2,1-3H3,(H,23,24). The molecule has 0 amide bonds. The second-order valence-electron chi connectivity index (χ2n) is 6.45. The zero-order chi connectivity index (χ0) is 22.4. The van der Waals surface area contributed by atoms with E-state index >= 15 is 0 Å². The van der Waals surface area contributed by atoms with Gasteiger partial charge in [-0.1, -0.05) is 26.0 Å². The first kappa shape index (κ1) is 22.7. The van der Waals surface area contributed by atoms with E-state index in [9.17, 15) is 13.5 Å². The molecule has 0 bridgehead atoms. The maximum absolute atomic E-state index is 12.6. The van der Waals surface area contributed by atoms with Crippen molar-refractivity contribution in [1.29, 1.82) is 0 Å². The van der Waals surface area contributed by atoms with Gasteiger partial charge >= 0.3 is 0 Å². The summed E-state index contributed by atoms with van der Waals surface area (Å²) in [5.41, 5.74) is 5.16. The minimum absolute atomic E-state index is 0.0630. The van der Waals surface area contributed by atoms with Crippen LogP contribution in [-0.2, 0) is 10.0 Å². The first-order valence-corrected chi connectivity index (χ1v) is 11.9. The average Bonchev–Trinajstić information content (AvgIpc) is 3.24. The van der Waals surface area contributed by atoms with E-state index in [0.29, 0.717) is 24.0 Å². The average molecular weight is 461 g/mol. The number of hydrogen-bond acceptors (Lipinski definition) is 8. The summed E-state index contributed by atoms with van der Waals surface area (Å²) in [6.45, 7) is 4.50. The lowest BCUT2D eigenvalue weighted by atomic mass is 10.2. The molecule has 2 N–H and O–H groups in total. The van der Waals surface area contributed by atoms with Gasteiger partial charge in [-0.3, -0.25) is 5.43 Å². The van der Waals surface area contributed by atoms with Gasteiger partial charge in [-0.15, -0.1) is 11.3 Å². The molecule has 3 rings (SSSR count). The lowest BCUT2D eigenvalue weighted by molar-refractivity contribution is 0.373. The molecule has 8 nitrogen and oxygen atoms in total. The summed E-state index contributed by atoms with van der Waals surface area (Å²) < 4.78 is 31.7. The summed E-state index contributed by atoms with van der Waals surface area (Å²) in [6.07, 6.45) is 1.59. The molecule has 0 aliphatic rings. The number of nitrogens with one attached hydrogen (secondary N) is 1. The number of ether oxygens (including phenoxy) is 1. The minimum Gasteiger partial charge on any atom is -0.504 e. The normalized spacial score (nSPS) is 11.9. The van der Waals surface area contributed by atoms with Crippen molar-refractivity contribution in [2.45, 2.75) is 18.7 Å². The van der Waals surface area contributed by atoms with Gasteiger partial charge in [0.1, 0.15) is 0 Å². The summed E-state index contributed by atoms with van der Waals surface area (Å²) in [5, 5.41) is 16.3. The third-order valence-corrected chi connectivity index (χ3v) is 7.39. The lowest BCUT2D eigenvalue weighted by Crippen LogP contribution is -2.30. The maximum Gasteiger partial charge on any atom is 0.243 e. The fraction of sp³-hybridized carbons (Fsp3) is 0.238. The number of phenolic OH excluding ortho intramolecular Hbond substituents is 1. The molecule has 0 aliphatic heterocycles. The van der Waals surface area contributed by atoms with Gasteiger partial charge in [0.25, 0.3) is 0 Å². The molecule has 0 radical (unpaired) electrons. The van der Waals surface area contributed by atoms with Gasteiger partial charge in [-0.25, -0.2) is 13.4 Å². The molecule has 164 valence electrons.